The van der Waals surface area contributed by atoms with Gasteiger partial charge < -0.3 is 16.2 Å². The van der Waals surface area contributed by atoms with Gasteiger partial charge in [0.1, 0.15) is 0 Å². The smallest absolute Gasteiger partial charge is 0.310 e. The van der Waals surface area contributed by atoms with Crippen LogP contribution in [0, 0.1) is 5.92 Å². The molecular formula is C8H18N2O2. The van der Waals surface area contributed by atoms with Gasteiger partial charge in [0.25, 0.3) is 0 Å². The molecule has 0 aromatic rings. The number of nitrogens with two attached hydrogens (primary N) is 2. The summed E-state index contributed by atoms with van der Waals surface area (Å²) in [6.45, 7) is 2.39. The minimum atomic E-state index is -0.238. The second-order valence-corrected chi connectivity index (χ2v) is 2.92. The molecule has 0 spiro atoms. The topological polar surface area (TPSA) is 78.3 Å². The maximum absolute atomic E-state index is 11.1. The zero-order chi connectivity index (χ0) is 9.56. The summed E-state index contributed by atoms with van der Waals surface area (Å²) in [7, 11) is 1.38. The van der Waals surface area contributed by atoms with E-state index in [0.717, 1.165) is 6.42 Å². The van der Waals surface area contributed by atoms with Crippen LogP contribution in [-0.2, 0) is 9.53 Å². The number of methoxy groups -OCH3 is 1. The lowest BCUT2D eigenvalue weighted by atomic mass is 9.96. The number of hydrogen-bond donors (Lipinski definition) is 2. The average Bonchev–Trinajstić information content (AvgIpc) is 2.04. The Morgan fingerprint density at radius 2 is 2.17 bits per heavy atom. The molecule has 2 unspecified atom stereocenters. The number of carbonyl (C=O) groups is 1. The molecule has 0 aromatic heterocycles. The highest BCUT2D eigenvalue weighted by Gasteiger charge is 2.22. The molecule has 4 heteroatoms. The molecule has 0 radical (unpaired) electrons. The molecule has 12 heavy (non-hydrogen) atoms. The van der Waals surface area contributed by atoms with Crippen molar-refractivity contribution < 1.29 is 9.53 Å². The van der Waals surface area contributed by atoms with E-state index in [1.54, 1.807) is 6.92 Å². The molecule has 0 aromatic carbocycles. The Bertz CT molecular complexity index is 137. The molecule has 0 saturated heterocycles. The van der Waals surface area contributed by atoms with Crippen LogP contribution in [0.25, 0.3) is 0 Å². The molecule has 72 valence electrons. The van der Waals surface area contributed by atoms with Crippen LogP contribution in [0.1, 0.15) is 19.8 Å². The molecule has 0 aliphatic rings. The number of rotatable bonds is 5. The number of hydrogen-bond acceptors (Lipinski definition) is 4. The lowest BCUT2D eigenvalue weighted by Gasteiger charge is -2.17. The number of esters is 1. The van der Waals surface area contributed by atoms with Crippen LogP contribution in [0.15, 0.2) is 0 Å². The molecule has 0 aliphatic carbocycles. The predicted octanol–water partition coefficient (Wildman–Crippen LogP) is -0.138. The SMILES string of the molecule is COC(=O)C(CCCN)C(C)N. The van der Waals surface area contributed by atoms with Gasteiger partial charge in [-0.15, -0.1) is 0 Å². The van der Waals surface area contributed by atoms with E-state index in [0.29, 0.717) is 13.0 Å². The first-order valence-electron chi connectivity index (χ1n) is 4.17. The van der Waals surface area contributed by atoms with Crippen LogP contribution in [0.2, 0.25) is 0 Å². The lowest BCUT2D eigenvalue weighted by molar-refractivity contribution is -0.146. The van der Waals surface area contributed by atoms with E-state index >= 15 is 0 Å². The van der Waals surface area contributed by atoms with Gasteiger partial charge in [-0.1, -0.05) is 0 Å². The molecule has 4 nitrogen and oxygen atoms in total. The Hall–Kier alpha value is -0.610. The van der Waals surface area contributed by atoms with E-state index in [1.807, 2.05) is 0 Å². The molecule has 0 bridgehead atoms. The maximum Gasteiger partial charge on any atom is 0.310 e. The highest BCUT2D eigenvalue weighted by Crippen LogP contribution is 2.11. The second kappa shape index (κ2) is 5.97. The van der Waals surface area contributed by atoms with Gasteiger partial charge in [-0.2, -0.15) is 0 Å². The summed E-state index contributed by atoms with van der Waals surface area (Å²) >= 11 is 0. The lowest BCUT2D eigenvalue weighted by Crippen LogP contribution is -2.34. The summed E-state index contributed by atoms with van der Waals surface area (Å²) in [5.41, 5.74) is 10.9. The van der Waals surface area contributed by atoms with Gasteiger partial charge >= 0.3 is 5.97 Å². The van der Waals surface area contributed by atoms with E-state index in [1.165, 1.54) is 7.11 Å². The van der Waals surface area contributed by atoms with E-state index in [-0.39, 0.29) is 17.9 Å². The van der Waals surface area contributed by atoms with Gasteiger partial charge in [-0.3, -0.25) is 4.79 Å². The zero-order valence-electron chi connectivity index (χ0n) is 7.75. The van der Waals surface area contributed by atoms with Crippen molar-refractivity contribution in [1.29, 1.82) is 0 Å². The van der Waals surface area contributed by atoms with Gasteiger partial charge in [-0.05, 0) is 26.3 Å². The van der Waals surface area contributed by atoms with E-state index < -0.39 is 0 Å². The fraction of sp³-hybridized carbons (Fsp3) is 0.875. The third kappa shape index (κ3) is 3.69. The number of carbonyl (C=O) groups excluding carboxylic acids is 1. The highest BCUT2D eigenvalue weighted by atomic mass is 16.5. The molecule has 2 atom stereocenters. The monoisotopic (exact) mass is 174 g/mol. The fourth-order valence-corrected chi connectivity index (χ4v) is 1.08. The zero-order valence-corrected chi connectivity index (χ0v) is 7.75. The quantitative estimate of drug-likeness (QED) is 0.569. The van der Waals surface area contributed by atoms with Crippen molar-refractivity contribution in [3.63, 3.8) is 0 Å². The van der Waals surface area contributed by atoms with Crippen LogP contribution in [-0.4, -0.2) is 25.7 Å². The third-order valence-corrected chi connectivity index (χ3v) is 1.86. The molecule has 4 N–H and O–H groups in total. The average molecular weight is 174 g/mol. The van der Waals surface area contributed by atoms with Crippen molar-refractivity contribution in [2.24, 2.45) is 17.4 Å². The Labute approximate surface area is 73.2 Å². The Balaban J connectivity index is 3.95. The van der Waals surface area contributed by atoms with Gasteiger partial charge in [0.2, 0.25) is 0 Å². The van der Waals surface area contributed by atoms with E-state index in [4.69, 9.17) is 11.5 Å². The Kier molecular flexibility index (Phi) is 5.66. The van der Waals surface area contributed by atoms with Crippen LogP contribution in [0.4, 0.5) is 0 Å². The van der Waals surface area contributed by atoms with Crippen LogP contribution < -0.4 is 11.5 Å². The molecule has 0 rings (SSSR count). The van der Waals surface area contributed by atoms with Gasteiger partial charge in [0, 0.05) is 6.04 Å². The van der Waals surface area contributed by atoms with Gasteiger partial charge in [0.05, 0.1) is 13.0 Å². The van der Waals surface area contributed by atoms with Crippen LogP contribution in [0.5, 0.6) is 0 Å². The fourth-order valence-electron chi connectivity index (χ4n) is 1.08. The van der Waals surface area contributed by atoms with E-state index in [9.17, 15) is 4.79 Å². The molecule has 0 fully saturated rings. The summed E-state index contributed by atoms with van der Waals surface area (Å²) < 4.78 is 4.61. The first kappa shape index (κ1) is 11.4. The Morgan fingerprint density at radius 3 is 2.50 bits per heavy atom. The minimum absolute atomic E-state index is 0.163. The van der Waals surface area contributed by atoms with Crippen LogP contribution in [0.3, 0.4) is 0 Å². The summed E-state index contributed by atoms with van der Waals surface area (Å²) in [5.74, 6) is -0.447. The summed E-state index contributed by atoms with van der Waals surface area (Å²) in [5, 5.41) is 0. The van der Waals surface area contributed by atoms with Crippen molar-refractivity contribution in [3.8, 4) is 0 Å². The molecule has 0 aliphatic heterocycles. The third-order valence-electron chi connectivity index (χ3n) is 1.86. The standard InChI is InChI=1S/C8H18N2O2/c1-6(10)7(4-3-5-9)8(11)12-2/h6-7H,3-5,9-10H2,1-2H3. The van der Waals surface area contributed by atoms with Crippen LogP contribution >= 0.6 is 0 Å². The molecule has 0 amide bonds. The molecule has 0 heterocycles. The normalized spacial score (nSPS) is 15.3. The first-order valence-corrected chi connectivity index (χ1v) is 4.17. The predicted molar refractivity (Wildman–Crippen MR) is 47.4 cm³/mol. The van der Waals surface area contributed by atoms with Crippen molar-refractivity contribution >= 4 is 5.97 Å². The number of ether oxygens (including phenoxy) is 1. The molecular weight excluding hydrogens is 156 g/mol. The summed E-state index contributed by atoms with van der Waals surface area (Å²) in [4.78, 5) is 11.1. The van der Waals surface area contributed by atoms with Crippen molar-refractivity contribution in [1.82, 2.24) is 0 Å². The highest BCUT2D eigenvalue weighted by molar-refractivity contribution is 5.72. The van der Waals surface area contributed by atoms with Crippen molar-refractivity contribution in [2.45, 2.75) is 25.8 Å². The second-order valence-electron chi connectivity index (χ2n) is 2.92. The minimum Gasteiger partial charge on any atom is -0.469 e. The van der Waals surface area contributed by atoms with E-state index in [2.05, 4.69) is 4.74 Å². The van der Waals surface area contributed by atoms with Crippen molar-refractivity contribution in [2.75, 3.05) is 13.7 Å². The Morgan fingerprint density at radius 1 is 1.58 bits per heavy atom. The van der Waals surface area contributed by atoms with Gasteiger partial charge in [-0.25, -0.2) is 0 Å². The maximum atomic E-state index is 11.1. The summed E-state index contributed by atoms with van der Waals surface area (Å²) in [6, 6.07) is -0.163. The van der Waals surface area contributed by atoms with Crippen molar-refractivity contribution in [3.05, 3.63) is 0 Å². The summed E-state index contributed by atoms with van der Waals surface area (Å²) in [6.07, 6.45) is 1.52. The largest absolute Gasteiger partial charge is 0.469 e. The molecule has 0 saturated carbocycles. The first-order chi connectivity index (χ1) is 5.63. The van der Waals surface area contributed by atoms with Gasteiger partial charge in [0.15, 0.2) is 0 Å².